The van der Waals surface area contributed by atoms with Gasteiger partial charge in [0, 0.05) is 30.3 Å². The zero-order chi connectivity index (χ0) is 21.4. The van der Waals surface area contributed by atoms with E-state index in [-0.39, 0.29) is 23.4 Å². The zero-order valence-electron chi connectivity index (χ0n) is 18.4. The smallest absolute Gasteiger partial charge is 0.156 e. The van der Waals surface area contributed by atoms with Crippen LogP contribution in [0.1, 0.15) is 78.7 Å². The summed E-state index contributed by atoms with van der Waals surface area (Å²) in [5, 5.41) is 15.8. The SMILES string of the molecule is CC(C)C(=O)Cc1cn(C(C)C)nn1.CC(C)C(=O)Cn1cc(C(C)C)nn1. The normalized spacial score (nSPS) is 11.3. The molecule has 2 aromatic heterocycles. The predicted octanol–water partition coefficient (Wildman–Crippen LogP) is 3.25. The first-order valence-electron chi connectivity index (χ1n) is 9.87. The van der Waals surface area contributed by atoms with Gasteiger partial charge in [-0.3, -0.25) is 9.59 Å². The summed E-state index contributed by atoms with van der Waals surface area (Å²) in [6.45, 7) is 16.1. The molecule has 0 aliphatic carbocycles. The van der Waals surface area contributed by atoms with Crippen LogP contribution in [-0.4, -0.2) is 41.6 Å². The van der Waals surface area contributed by atoms with Gasteiger partial charge in [-0.1, -0.05) is 52.0 Å². The minimum atomic E-state index is 0.0571. The summed E-state index contributed by atoms with van der Waals surface area (Å²) >= 11 is 0. The molecule has 8 heteroatoms. The second kappa shape index (κ2) is 10.8. The van der Waals surface area contributed by atoms with Crippen molar-refractivity contribution >= 4 is 11.6 Å². The summed E-state index contributed by atoms with van der Waals surface area (Å²) < 4.78 is 3.38. The number of Topliss-reactive ketones (excluding diaryl/α,β-unsaturated/α-hetero) is 2. The average molecular weight is 391 g/mol. The maximum atomic E-state index is 11.4. The van der Waals surface area contributed by atoms with E-state index in [0.717, 1.165) is 11.4 Å². The Kier molecular flexibility index (Phi) is 9.15. The molecule has 0 spiro atoms. The predicted molar refractivity (Wildman–Crippen MR) is 108 cm³/mol. The van der Waals surface area contributed by atoms with Crippen molar-refractivity contribution in [3.63, 3.8) is 0 Å². The van der Waals surface area contributed by atoms with Crippen LogP contribution in [0.3, 0.4) is 0 Å². The average Bonchev–Trinajstić information content (AvgIpc) is 3.24. The maximum Gasteiger partial charge on any atom is 0.156 e. The Morgan fingerprint density at radius 2 is 1.46 bits per heavy atom. The first kappa shape index (κ1) is 23.7. The van der Waals surface area contributed by atoms with Gasteiger partial charge >= 0.3 is 0 Å². The van der Waals surface area contributed by atoms with Gasteiger partial charge in [-0.25, -0.2) is 9.36 Å². The molecule has 0 atom stereocenters. The van der Waals surface area contributed by atoms with Crippen LogP contribution < -0.4 is 0 Å². The molecule has 0 amide bonds. The van der Waals surface area contributed by atoms with Crippen molar-refractivity contribution in [1.29, 1.82) is 0 Å². The van der Waals surface area contributed by atoms with E-state index in [2.05, 4.69) is 34.5 Å². The van der Waals surface area contributed by atoms with Crippen LogP contribution in [0.15, 0.2) is 12.4 Å². The Hall–Kier alpha value is -2.38. The van der Waals surface area contributed by atoms with E-state index in [1.165, 1.54) is 0 Å². The number of hydrogen-bond donors (Lipinski definition) is 0. The van der Waals surface area contributed by atoms with Crippen LogP contribution in [0.4, 0.5) is 0 Å². The van der Waals surface area contributed by atoms with Gasteiger partial charge in [0.15, 0.2) is 5.78 Å². The van der Waals surface area contributed by atoms with Crippen LogP contribution in [-0.2, 0) is 22.6 Å². The summed E-state index contributed by atoms with van der Waals surface area (Å²) in [6.07, 6.45) is 4.07. The number of hydrogen-bond acceptors (Lipinski definition) is 6. The third-order valence-corrected chi connectivity index (χ3v) is 4.20. The molecule has 2 aromatic rings. The first-order chi connectivity index (χ1) is 13.0. The fourth-order valence-electron chi connectivity index (χ4n) is 2.03. The third kappa shape index (κ3) is 7.70. The van der Waals surface area contributed by atoms with Gasteiger partial charge in [0.1, 0.15) is 12.3 Å². The molecule has 0 radical (unpaired) electrons. The third-order valence-electron chi connectivity index (χ3n) is 4.20. The summed E-state index contributed by atoms with van der Waals surface area (Å²) in [5.41, 5.74) is 1.69. The minimum absolute atomic E-state index is 0.0571. The van der Waals surface area contributed by atoms with E-state index in [0.29, 0.717) is 24.9 Å². The highest BCUT2D eigenvalue weighted by atomic mass is 16.1. The molecule has 28 heavy (non-hydrogen) atoms. The molecule has 0 aliphatic rings. The van der Waals surface area contributed by atoms with Crippen molar-refractivity contribution < 1.29 is 9.59 Å². The standard InChI is InChI=1S/2C10H17N3O/c1-7(2)9-5-13(12-11-9)6-10(14)8(3)4;1-7(2)10(14)5-9-6-13(8(3)4)12-11-9/h5,7-8H,6H2,1-4H3;6-8H,5H2,1-4H3. The van der Waals surface area contributed by atoms with E-state index in [4.69, 9.17) is 0 Å². The lowest BCUT2D eigenvalue weighted by Gasteiger charge is -2.02. The van der Waals surface area contributed by atoms with Gasteiger partial charge in [-0.15, -0.1) is 10.2 Å². The van der Waals surface area contributed by atoms with Crippen molar-refractivity contribution in [2.45, 2.75) is 80.3 Å². The number of carbonyl (C=O) groups excluding carboxylic acids is 2. The summed E-state index contributed by atoms with van der Waals surface area (Å²) in [5.74, 6) is 0.879. The van der Waals surface area contributed by atoms with E-state index >= 15 is 0 Å². The second-order valence-electron chi connectivity index (χ2n) is 8.20. The number of aromatic nitrogens is 6. The molecule has 0 N–H and O–H groups in total. The summed E-state index contributed by atoms with van der Waals surface area (Å²) in [6, 6.07) is 0.297. The lowest BCUT2D eigenvalue weighted by atomic mass is 10.1. The topological polar surface area (TPSA) is 95.6 Å². The zero-order valence-corrected chi connectivity index (χ0v) is 18.4. The molecule has 156 valence electrons. The highest BCUT2D eigenvalue weighted by molar-refractivity contribution is 5.82. The molecule has 0 fully saturated rings. The molecule has 0 aromatic carbocycles. The Morgan fingerprint density at radius 1 is 0.857 bits per heavy atom. The molecular formula is C20H34N6O2. The van der Waals surface area contributed by atoms with E-state index < -0.39 is 0 Å². The molecule has 0 saturated carbocycles. The van der Waals surface area contributed by atoms with Gasteiger partial charge in [0.05, 0.1) is 17.8 Å². The van der Waals surface area contributed by atoms with Crippen molar-refractivity contribution in [3.8, 4) is 0 Å². The van der Waals surface area contributed by atoms with Crippen LogP contribution in [0.2, 0.25) is 0 Å². The van der Waals surface area contributed by atoms with Gasteiger partial charge < -0.3 is 0 Å². The first-order valence-corrected chi connectivity index (χ1v) is 9.87. The Balaban J connectivity index is 0.000000280. The Morgan fingerprint density at radius 3 is 1.89 bits per heavy atom. The monoisotopic (exact) mass is 390 g/mol. The van der Waals surface area contributed by atoms with Gasteiger partial charge in [0.25, 0.3) is 0 Å². The molecule has 8 nitrogen and oxygen atoms in total. The van der Waals surface area contributed by atoms with Crippen LogP contribution >= 0.6 is 0 Å². The summed E-state index contributed by atoms with van der Waals surface area (Å²) in [7, 11) is 0. The highest BCUT2D eigenvalue weighted by Crippen LogP contribution is 2.09. The van der Waals surface area contributed by atoms with Crippen LogP contribution in [0, 0.1) is 11.8 Å². The molecule has 2 rings (SSSR count). The quantitative estimate of drug-likeness (QED) is 0.686. The van der Waals surface area contributed by atoms with Gasteiger partial charge in [0.2, 0.25) is 0 Å². The lowest BCUT2D eigenvalue weighted by molar-refractivity contribution is -0.123. The van der Waals surface area contributed by atoms with Gasteiger partial charge in [-0.2, -0.15) is 0 Å². The van der Waals surface area contributed by atoms with Crippen LogP contribution in [0.5, 0.6) is 0 Å². The van der Waals surface area contributed by atoms with Crippen molar-refractivity contribution in [1.82, 2.24) is 30.0 Å². The highest BCUT2D eigenvalue weighted by Gasteiger charge is 2.12. The van der Waals surface area contributed by atoms with Crippen LogP contribution in [0.25, 0.3) is 0 Å². The molecule has 0 bridgehead atoms. The molecule has 0 saturated heterocycles. The molecule has 0 aliphatic heterocycles. The minimum Gasteiger partial charge on any atom is -0.299 e. The lowest BCUT2D eigenvalue weighted by Crippen LogP contribution is -2.15. The van der Waals surface area contributed by atoms with Crippen molar-refractivity contribution in [3.05, 3.63) is 23.8 Å². The van der Waals surface area contributed by atoms with Crippen molar-refractivity contribution in [2.75, 3.05) is 0 Å². The van der Waals surface area contributed by atoms with E-state index in [1.54, 1.807) is 9.36 Å². The Labute approximate surface area is 167 Å². The van der Waals surface area contributed by atoms with E-state index in [9.17, 15) is 9.59 Å². The van der Waals surface area contributed by atoms with Gasteiger partial charge in [-0.05, 0) is 19.8 Å². The Bertz CT molecular complexity index is 694. The van der Waals surface area contributed by atoms with Crippen molar-refractivity contribution in [2.24, 2.45) is 11.8 Å². The molecule has 2 heterocycles. The fourth-order valence-corrected chi connectivity index (χ4v) is 2.03. The number of rotatable bonds is 8. The molecule has 0 unspecified atom stereocenters. The second-order valence-corrected chi connectivity index (χ2v) is 8.20. The summed E-state index contributed by atoms with van der Waals surface area (Å²) in [4.78, 5) is 22.8. The maximum absolute atomic E-state index is 11.4. The number of nitrogens with zero attached hydrogens (tertiary/aromatic N) is 6. The number of carbonyl (C=O) groups is 2. The largest absolute Gasteiger partial charge is 0.299 e. The number of ketones is 2. The van der Waals surface area contributed by atoms with E-state index in [1.807, 2.05) is 53.9 Å². The fraction of sp³-hybridized carbons (Fsp3) is 0.700. The molecular weight excluding hydrogens is 356 g/mol.